The van der Waals surface area contributed by atoms with Crippen LogP contribution in [0.25, 0.3) is 0 Å². The van der Waals surface area contributed by atoms with Gasteiger partial charge < -0.3 is 75.0 Å². The summed E-state index contributed by atoms with van der Waals surface area (Å²) in [5.74, 6) is 0.0931. The lowest BCUT2D eigenvalue weighted by Crippen LogP contribution is -2.40. The first-order valence-electron chi connectivity index (χ1n) is 44.2. The molecule has 10 heterocycles. The van der Waals surface area contributed by atoms with Crippen molar-refractivity contribution in [2.75, 3.05) is 62.5 Å². The standard InChI is InChI=1S/C17H28BrNO3Si.C16H18N4O2.C11H14BrNO3.C11H12BrNO2.C11H17N.C10H15NO.C9H14N4O2.C7H6BrNO3.C4H8O/c1-12-11-13(18)16(21)19-15(12)14(20)9-7-8-10-22-23(5,6)17(2,3)4;1-10-7-12(19-14-8-11(2)17-9-18-14)16(22)20-6-4-3-5-13(21)15(10)20;1-7-6-8(12)11(16)13-10(7)9(15)4-2-3-5-14;1-7-6-8(12)11(15)13-5-3-2-4-9(14)10(7)13;1-2-3-9-12-10-11-7-5-4-6-8-11;12-8-4-7-11-9-10-5-2-1-3-6-10;1-9(2,3)15-8(14)13-7-4-6(10)11-5-12-7;1-3-2-4(8)6(10)9-5(3)7(11)12;1-2-4-5-3-1/h11H,7-10H2,1-6H3,(H,19,21);7-9H,3-6H2,1-2H3,(H,17,18,19);6,14H,2-5H2,1H3,(H,13,16);6H,2-5H2,1H3;4-8,12H,2-3,9-10H2,1H3;1-3,5-6,11-12H,4,7-9H2;4-5H,1-3H3,(H3,10,11,12,13,14);2H,1H3,(H,9,10)(H,11,12);1-4H2. The molecule has 2 aromatic carbocycles. The molecule has 0 spiro atoms. The maximum absolute atomic E-state index is 12.7. The van der Waals surface area contributed by atoms with E-state index in [0.717, 1.165) is 112 Å². The van der Waals surface area contributed by atoms with Crippen molar-refractivity contribution < 1.29 is 58.0 Å². The van der Waals surface area contributed by atoms with Crippen LogP contribution in [0.2, 0.25) is 18.1 Å². The van der Waals surface area contributed by atoms with Crippen molar-refractivity contribution in [3.8, 4) is 0 Å². The summed E-state index contributed by atoms with van der Waals surface area (Å²) in [5, 5.41) is 38.1. The third-order valence-electron chi connectivity index (χ3n) is 20.5. The number of aliphatic hydroxyl groups is 2. The number of nitrogens with one attached hydrogen (secondary N) is 7. The molecule has 12 N–H and O–H groups in total. The Balaban J connectivity index is 0.000000316. The number of halogens is 4. The zero-order valence-electron chi connectivity index (χ0n) is 78.6. The van der Waals surface area contributed by atoms with Gasteiger partial charge in [-0.25, -0.2) is 29.5 Å². The van der Waals surface area contributed by atoms with E-state index in [2.05, 4.69) is 203 Å². The average molecular weight is 2100 g/mol. The van der Waals surface area contributed by atoms with Gasteiger partial charge in [0.2, 0.25) is 0 Å². The molecule has 0 atom stereocenters. The molecular weight excluding hydrogens is 1970 g/mol. The highest BCUT2D eigenvalue weighted by atomic mass is 79.9. The summed E-state index contributed by atoms with van der Waals surface area (Å²) in [7, 11) is -1.71. The van der Waals surface area contributed by atoms with Gasteiger partial charge in [0.1, 0.15) is 47.1 Å². The van der Waals surface area contributed by atoms with Crippen LogP contribution in [0.1, 0.15) is 255 Å². The summed E-state index contributed by atoms with van der Waals surface area (Å²) in [4.78, 5) is 151. The number of carbonyl (C=O) groups is 6. The quantitative estimate of drug-likeness (QED) is 0.0136. The molecule has 31 nitrogen and oxygen atoms in total. The Morgan fingerprint density at radius 1 is 0.530 bits per heavy atom. The number of amides is 1. The van der Waals surface area contributed by atoms with Crippen LogP contribution in [-0.2, 0) is 40.1 Å². The van der Waals surface area contributed by atoms with Crippen LogP contribution >= 0.6 is 63.7 Å². The highest BCUT2D eigenvalue weighted by Gasteiger charge is 2.37. The number of aromatic carboxylic acids is 1. The number of hydrogen-bond donors (Lipinski definition) is 11. The molecule has 132 heavy (non-hydrogen) atoms. The molecule has 3 aliphatic rings. The minimum absolute atomic E-state index is 0.0144. The van der Waals surface area contributed by atoms with E-state index in [1.54, 1.807) is 74.1 Å². The molecule has 9 aromatic rings. The first-order chi connectivity index (χ1) is 62.4. The number of carboxylic acids is 1. The second-order valence-electron chi connectivity index (χ2n) is 33.9. The lowest BCUT2D eigenvalue weighted by molar-refractivity contribution is 0.0632. The number of aliphatic hydroxyl groups excluding tert-OH is 2. The Kier molecular flexibility index (Phi) is 51.9. The van der Waals surface area contributed by atoms with Crippen LogP contribution in [0.4, 0.5) is 27.9 Å². The molecule has 0 bridgehead atoms. The maximum atomic E-state index is 12.7. The van der Waals surface area contributed by atoms with E-state index in [0.29, 0.717) is 122 Å². The molecule has 1 amide bonds. The number of hydrogen-bond acceptors (Lipinski definition) is 24. The predicted molar refractivity (Wildman–Crippen MR) is 536 cm³/mol. The second-order valence-corrected chi connectivity index (χ2v) is 42.1. The Bertz CT molecular complexity index is 5450. The number of anilines is 4. The SMILES string of the molecule is C1CCOC1.CC(C)(C)OC(=O)Nc1cc(N)ncn1.CCCCNCc1ccccc1.Cc1cc(Br)c(=O)[nH]c1C(=O)CCCCO.Cc1cc(Br)c(=O)[nH]c1C(=O)CCCCO[Si](C)(C)C(C)(C)C.Cc1cc(Br)c(=O)[nH]c1C(=O)O.Cc1cc(Br)c(=O)n2c1C(=O)CCCC2.Cc1cc(Nc2cc(C)c3n(c2=O)CCCCC3=O)ncn1.OCCCNCc1ccccc1. The molecule has 0 aliphatic carbocycles. The number of nitrogens with zero attached hydrogens (tertiary/aromatic N) is 6. The summed E-state index contributed by atoms with van der Waals surface area (Å²) in [6, 6.07) is 32.3. The molecule has 7 aromatic heterocycles. The van der Waals surface area contributed by atoms with Gasteiger partial charge in [-0.05, 0) is 304 Å². The topological polar surface area (TPSA) is 459 Å². The highest BCUT2D eigenvalue weighted by molar-refractivity contribution is 9.11. The van der Waals surface area contributed by atoms with Crippen molar-refractivity contribution in [1.82, 2.24) is 54.7 Å². The zero-order chi connectivity index (χ0) is 98.3. The molecule has 0 radical (unpaired) electrons. The molecule has 1 fully saturated rings. The molecular formula is C96H132Br4N14O17Si. The van der Waals surface area contributed by atoms with Gasteiger partial charge in [0.05, 0.1) is 40.7 Å². The normalized spacial score (nSPS) is 12.5. The Morgan fingerprint density at radius 3 is 1.42 bits per heavy atom. The number of unbranched alkanes of at least 4 members (excludes halogenated alkanes) is 3. The number of carboxylic acid groups (broad SMARTS) is 1. The number of pyridine rings is 5. The Hall–Kier alpha value is -9.73. The number of ether oxygens (including phenoxy) is 2. The fourth-order valence-electron chi connectivity index (χ4n) is 12.5. The summed E-state index contributed by atoms with van der Waals surface area (Å²) < 4.78 is 21.0. The number of nitrogen functional groups attached to an aromatic ring is 1. The second kappa shape index (κ2) is 59.8. The number of fused-ring (bicyclic) bond motifs is 2. The highest BCUT2D eigenvalue weighted by Crippen LogP contribution is 2.37. The molecule has 1 saturated heterocycles. The number of aryl methyl sites for hydroxylation is 6. The minimum Gasteiger partial charge on any atom is -0.477 e. The van der Waals surface area contributed by atoms with E-state index in [1.807, 2.05) is 45.9 Å². The molecule has 0 unspecified atom stereocenters. The number of benzene rings is 2. The van der Waals surface area contributed by atoms with Crippen molar-refractivity contribution in [3.63, 3.8) is 0 Å². The van der Waals surface area contributed by atoms with Crippen molar-refractivity contribution in [1.29, 1.82) is 0 Å². The molecule has 12 rings (SSSR count). The lowest BCUT2D eigenvalue weighted by Gasteiger charge is -2.36. The van der Waals surface area contributed by atoms with Gasteiger partial charge in [-0.3, -0.25) is 48.5 Å². The number of ketones is 4. The Morgan fingerprint density at radius 2 is 0.977 bits per heavy atom. The summed E-state index contributed by atoms with van der Waals surface area (Å²) in [5.41, 5.74) is 13.2. The van der Waals surface area contributed by atoms with Crippen molar-refractivity contribution in [2.45, 2.75) is 249 Å². The van der Waals surface area contributed by atoms with Crippen molar-refractivity contribution in [2.24, 2.45) is 0 Å². The largest absolute Gasteiger partial charge is 0.477 e. The summed E-state index contributed by atoms with van der Waals surface area (Å²) in [6.45, 7) is 37.7. The number of Topliss-reactive ketones (excluding diaryl/α,β-unsaturated/α-hetero) is 4. The van der Waals surface area contributed by atoms with Crippen LogP contribution < -0.4 is 54.8 Å². The Labute approximate surface area is 807 Å². The number of carbonyl (C=O) groups excluding carboxylic acids is 5. The van der Waals surface area contributed by atoms with Gasteiger partial charge in [-0.2, -0.15) is 0 Å². The zero-order valence-corrected chi connectivity index (χ0v) is 85.9. The maximum Gasteiger partial charge on any atom is 0.413 e. The van der Waals surface area contributed by atoms with E-state index >= 15 is 0 Å². The van der Waals surface area contributed by atoms with Crippen LogP contribution in [0.3, 0.4) is 0 Å². The minimum atomic E-state index is -1.71. The summed E-state index contributed by atoms with van der Waals surface area (Å²) >= 11 is 12.5. The van der Waals surface area contributed by atoms with Gasteiger partial charge in [0.15, 0.2) is 31.5 Å². The van der Waals surface area contributed by atoms with Crippen LogP contribution in [0, 0.1) is 41.5 Å². The number of rotatable bonds is 26. The fourth-order valence-corrected chi connectivity index (χ4v) is 15.5. The van der Waals surface area contributed by atoms with Crippen molar-refractivity contribution >= 4 is 130 Å². The predicted octanol–water partition coefficient (Wildman–Crippen LogP) is 18.3. The number of aromatic amines is 3. The van der Waals surface area contributed by atoms with Crippen LogP contribution in [0.5, 0.6) is 0 Å². The average Bonchev–Trinajstić information content (AvgIpc) is 1.43. The first-order valence-corrected chi connectivity index (χ1v) is 50.3. The van der Waals surface area contributed by atoms with Crippen LogP contribution in [0.15, 0.2) is 158 Å². The lowest BCUT2D eigenvalue weighted by atomic mass is 10.1. The van der Waals surface area contributed by atoms with Gasteiger partial charge in [-0.1, -0.05) is 94.8 Å². The third-order valence-corrected chi connectivity index (χ3v) is 27.4. The van der Waals surface area contributed by atoms with E-state index in [1.165, 1.54) is 61.6 Å². The number of nitrogens with two attached hydrogens (primary N) is 1. The monoisotopic (exact) mass is 2100 g/mol. The van der Waals surface area contributed by atoms with Crippen molar-refractivity contribution in [3.05, 3.63) is 259 Å². The molecule has 720 valence electrons. The van der Waals surface area contributed by atoms with E-state index in [9.17, 15) is 52.7 Å². The molecule has 36 heteroatoms. The van der Waals surface area contributed by atoms with E-state index in [4.69, 9.17) is 35.0 Å². The molecule has 3 aliphatic heterocycles. The van der Waals surface area contributed by atoms with E-state index < -0.39 is 31.5 Å². The van der Waals surface area contributed by atoms with E-state index in [-0.39, 0.29) is 75.1 Å². The van der Waals surface area contributed by atoms with Gasteiger partial charge in [-0.15, -0.1) is 0 Å². The van der Waals surface area contributed by atoms with Gasteiger partial charge in [0, 0.05) is 103 Å². The number of aromatic nitrogens is 9. The van der Waals surface area contributed by atoms with Crippen LogP contribution in [-0.4, -0.2) is 155 Å². The van der Waals surface area contributed by atoms with Gasteiger partial charge >= 0.3 is 12.1 Å². The first kappa shape index (κ1) is 115. The smallest absolute Gasteiger partial charge is 0.413 e. The molecule has 0 saturated carbocycles. The third kappa shape index (κ3) is 42.2. The number of H-pyrrole nitrogens is 3. The summed E-state index contributed by atoms with van der Waals surface area (Å²) in [6.07, 6.45) is 16.2. The fraction of sp³-hybridized carbons (Fsp3) is 0.469. The van der Waals surface area contributed by atoms with Gasteiger partial charge in [0.25, 0.3) is 27.8 Å².